The third kappa shape index (κ3) is 3.30. The number of aromatic nitrogens is 2. The van der Waals surface area contributed by atoms with Gasteiger partial charge in [-0.15, -0.1) is 0 Å². The van der Waals surface area contributed by atoms with E-state index in [9.17, 15) is 13.2 Å². The monoisotopic (exact) mass is 333 g/mol. The van der Waals surface area contributed by atoms with Gasteiger partial charge < -0.3 is 9.15 Å². The van der Waals surface area contributed by atoms with E-state index in [1.807, 2.05) is 6.07 Å². The molecule has 0 aliphatic heterocycles. The average molecular weight is 333 g/mol. The Morgan fingerprint density at radius 3 is 2.30 bits per heavy atom. The van der Waals surface area contributed by atoms with Crippen molar-refractivity contribution in [3.63, 3.8) is 0 Å². The molecular weight excluding hydrogens is 322 g/mol. The molecule has 3 rings (SSSR count). The van der Waals surface area contributed by atoms with Crippen LogP contribution in [0.25, 0.3) is 5.69 Å². The molecule has 0 saturated heterocycles. The number of nitrogens with two attached hydrogens (primary N) is 1. The minimum absolute atomic E-state index is 0.0708. The minimum Gasteiger partial charge on any atom is -0.410 e. The Balaban J connectivity index is 1.91. The van der Waals surface area contributed by atoms with Crippen LogP contribution in [-0.4, -0.2) is 18.2 Å². The van der Waals surface area contributed by atoms with Gasteiger partial charge in [0.1, 0.15) is 5.75 Å². The molecule has 1 aromatic heterocycles. The fourth-order valence-corrected chi connectivity index (χ4v) is 2.35. The fourth-order valence-electron chi connectivity index (χ4n) is 1.83. The smallest absolute Gasteiger partial charge is 0.410 e. The second-order valence-corrected chi connectivity index (χ2v) is 6.06. The van der Waals surface area contributed by atoms with Gasteiger partial charge >= 0.3 is 11.8 Å². The molecule has 9 heteroatoms. The zero-order valence-corrected chi connectivity index (χ0v) is 12.4. The summed E-state index contributed by atoms with van der Waals surface area (Å²) >= 11 is 0. The fraction of sp³-hybridized carbons (Fsp3) is 0. The summed E-state index contributed by atoms with van der Waals surface area (Å²) in [6.07, 6.45) is -0.225. The van der Waals surface area contributed by atoms with Crippen molar-refractivity contribution in [2.45, 2.75) is 4.90 Å². The summed E-state index contributed by atoms with van der Waals surface area (Å²) in [5.74, 6) is -0.301. The Kier molecular flexibility index (Phi) is 3.72. The number of hydrogen-bond acceptors (Lipinski definition) is 6. The predicted octanol–water partition coefficient (Wildman–Crippen LogP) is 1.27. The van der Waals surface area contributed by atoms with Crippen molar-refractivity contribution in [2.24, 2.45) is 5.14 Å². The number of rotatable bonds is 4. The van der Waals surface area contributed by atoms with Crippen molar-refractivity contribution in [1.29, 1.82) is 0 Å². The van der Waals surface area contributed by atoms with Crippen LogP contribution in [0.5, 0.6) is 11.8 Å². The first-order valence-corrected chi connectivity index (χ1v) is 7.94. The number of sulfonamides is 1. The SMILES string of the molecule is NS(=O)(=O)c1ccc(-n2nc(Oc3ccccc3)oc2=O)cc1. The minimum atomic E-state index is -3.80. The summed E-state index contributed by atoms with van der Waals surface area (Å²) < 4.78 is 33.6. The van der Waals surface area contributed by atoms with E-state index >= 15 is 0 Å². The van der Waals surface area contributed by atoms with Gasteiger partial charge in [-0.3, -0.25) is 0 Å². The molecule has 23 heavy (non-hydrogen) atoms. The number of para-hydroxylation sites is 1. The van der Waals surface area contributed by atoms with E-state index in [1.165, 1.54) is 24.3 Å². The quantitative estimate of drug-likeness (QED) is 0.768. The van der Waals surface area contributed by atoms with Crippen molar-refractivity contribution in [3.8, 4) is 17.5 Å². The molecule has 118 valence electrons. The van der Waals surface area contributed by atoms with Crippen LogP contribution in [-0.2, 0) is 10.0 Å². The molecule has 0 aliphatic carbocycles. The molecule has 0 radical (unpaired) electrons. The van der Waals surface area contributed by atoms with Crippen molar-refractivity contribution in [1.82, 2.24) is 9.78 Å². The molecule has 1 heterocycles. The molecule has 0 saturated carbocycles. The largest absolute Gasteiger partial charge is 0.444 e. The summed E-state index contributed by atoms with van der Waals surface area (Å²) in [4.78, 5) is 11.8. The molecule has 2 aromatic carbocycles. The van der Waals surface area contributed by atoms with E-state index in [-0.39, 0.29) is 11.0 Å². The van der Waals surface area contributed by atoms with Crippen LogP contribution in [0.3, 0.4) is 0 Å². The first-order valence-electron chi connectivity index (χ1n) is 6.40. The summed E-state index contributed by atoms with van der Waals surface area (Å²) in [5.41, 5.74) is 0.314. The van der Waals surface area contributed by atoms with Gasteiger partial charge in [0.05, 0.1) is 10.6 Å². The molecule has 3 aromatic rings. The second kappa shape index (κ2) is 5.71. The summed E-state index contributed by atoms with van der Waals surface area (Å²) in [7, 11) is -3.80. The highest BCUT2D eigenvalue weighted by atomic mass is 32.2. The summed E-state index contributed by atoms with van der Waals surface area (Å²) in [6.45, 7) is 0. The Hall–Kier alpha value is -2.91. The van der Waals surface area contributed by atoms with Crippen LogP contribution in [0.15, 0.2) is 68.7 Å². The van der Waals surface area contributed by atoms with Gasteiger partial charge in [-0.05, 0) is 36.4 Å². The average Bonchev–Trinajstić information content (AvgIpc) is 2.88. The first-order chi connectivity index (χ1) is 10.9. The van der Waals surface area contributed by atoms with Gasteiger partial charge in [0.15, 0.2) is 0 Å². The predicted molar refractivity (Wildman–Crippen MR) is 80.0 cm³/mol. The number of ether oxygens (including phenoxy) is 1. The Morgan fingerprint density at radius 1 is 1.04 bits per heavy atom. The topological polar surface area (TPSA) is 117 Å². The highest BCUT2D eigenvalue weighted by molar-refractivity contribution is 7.89. The van der Waals surface area contributed by atoms with Gasteiger partial charge in [0, 0.05) is 0 Å². The Labute approximate surface area is 130 Å². The zero-order valence-electron chi connectivity index (χ0n) is 11.6. The van der Waals surface area contributed by atoms with Gasteiger partial charge in [0.2, 0.25) is 10.0 Å². The zero-order chi connectivity index (χ0) is 16.4. The lowest BCUT2D eigenvalue weighted by molar-refractivity contribution is 0.320. The molecule has 0 fully saturated rings. The van der Waals surface area contributed by atoms with Gasteiger partial charge in [-0.2, -0.15) is 4.68 Å². The molecule has 0 bridgehead atoms. The Morgan fingerprint density at radius 2 is 1.70 bits per heavy atom. The van der Waals surface area contributed by atoms with Crippen molar-refractivity contribution >= 4 is 10.0 Å². The number of nitrogens with zero attached hydrogens (tertiary/aromatic N) is 2. The molecule has 0 spiro atoms. The standard InChI is InChI=1S/C14H11N3O5S/c15-23(19,20)12-8-6-10(7-9-12)17-14(18)22-13(16-17)21-11-4-2-1-3-5-11/h1-9H,(H2,15,19,20). The van der Waals surface area contributed by atoms with E-state index in [1.54, 1.807) is 24.3 Å². The van der Waals surface area contributed by atoms with E-state index < -0.39 is 15.8 Å². The molecule has 0 unspecified atom stereocenters. The van der Waals surface area contributed by atoms with Crippen LogP contribution < -0.4 is 15.6 Å². The number of benzene rings is 2. The normalized spacial score (nSPS) is 11.3. The first kappa shape index (κ1) is 15.0. The lowest BCUT2D eigenvalue weighted by Gasteiger charge is -2.01. The van der Waals surface area contributed by atoms with E-state index in [2.05, 4.69) is 5.10 Å². The molecule has 0 atom stereocenters. The van der Waals surface area contributed by atoms with Crippen LogP contribution in [0.4, 0.5) is 0 Å². The third-order valence-corrected chi connectivity index (χ3v) is 3.82. The second-order valence-electron chi connectivity index (χ2n) is 4.50. The molecule has 0 amide bonds. The van der Waals surface area contributed by atoms with Gasteiger partial charge in [-0.1, -0.05) is 23.3 Å². The van der Waals surface area contributed by atoms with Crippen molar-refractivity contribution in [2.75, 3.05) is 0 Å². The van der Waals surface area contributed by atoms with Crippen LogP contribution in [0, 0.1) is 0 Å². The summed E-state index contributed by atoms with van der Waals surface area (Å²) in [5, 5.41) is 8.92. The van der Waals surface area contributed by atoms with Gasteiger partial charge in [-0.25, -0.2) is 18.4 Å². The van der Waals surface area contributed by atoms with Crippen LogP contribution in [0.1, 0.15) is 0 Å². The Bertz CT molecular complexity index is 975. The van der Waals surface area contributed by atoms with Crippen LogP contribution >= 0.6 is 0 Å². The maximum Gasteiger partial charge on any atom is 0.444 e. The van der Waals surface area contributed by atoms with Crippen LogP contribution in [0.2, 0.25) is 0 Å². The third-order valence-electron chi connectivity index (χ3n) is 2.89. The molecule has 2 N–H and O–H groups in total. The number of hydrogen-bond donors (Lipinski definition) is 1. The van der Waals surface area contributed by atoms with Gasteiger partial charge in [0.25, 0.3) is 0 Å². The highest BCUT2D eigenvalue weighted by Gasteiger charge is 2.13. The maximum atomic E-state index is 11.8. The lowest BCUT2D eigenvalue weighted by atomic mass is 10.3. The van der Waals surface area contributed by atoms with Crippen molar-refractivity contribution < 1.29 is 17.6 Å². The highest BCUT2D eigenvalue weighted by Crippen LogP contribution is 2.18. The lowest BCUT2D eigenvalue weighted by Crippen LogP contribution is -2.15. The molecule has 0 aliphatic rings. The molecule has 8 nitrogen and oxygen atoms in total. The number of primary sulfonamides is 1. The summed E-state index contributed by atoms with van der Waals surface area (Å²) in [6, 6.07) is 14.0. The van der Waals surface area contributed by atoms with E-state index in [0.29, 0.717) is 11.4 Å². The maximum absolute atomic E-state index is 11.8. The molecular formula is C14H11N3O5S. The van der Waals surface area contributed by atoms with E-state index in [4.69, 9.17) is 14.3 Å². The van der Waals surface area contributed by atoms with E-state index in [0.717, 1.165) is 4.68 Å². The van der Waals surface area contributed by atoms with Crippen molar-refractivity contribution in [3.05, 3.63) is 65.1 Å².